The summed E-state index contributed by atoms with van der Waals surface area (Å²) in [5.41, 5.74) is 8.34. The number of benzene rings is 2. The lowest BCUT2D eigenvalue weighted by Gasteiger charge is -2.24. The van der Waals surface area contributed by atoms with Crippen LogP contribution in [0.25, 0.3) is 0 Å². The molecule has 3 N–H and O–H groups in total. The molecular formula is C16H18ClN3. The molecule has 0 atom stereocenters. The Labute approximate surface area is 124 Å². The molecule has 0 aliphatic heterocycles. The normalized spacial score (nSPS) is 10.3. The molecule has 20 heavy (non-hydrogen) atoms. The summed E-state index contributed by atoms with van der Waals surface area (Å²) in [6, 6.07) is 15.9. The van der Waals surface area contributed by atoms with Crippen molar-refractivity contribution in [2.75, 3.05) is 11.4 Å². The first-order valence-electron chi connectivity index (χ1n) is 6.54. The molecule has 0 heterocycles. The Morgan fingerprint density at radius 1 is 1.20 bits per heavy atom. The fourth-order valence-electron chi connectivity index (χ4n) is 2.11. The highest BCUT2D eigenvalue weighted by molar-refractivity contribution is 6.34. The zero-order valence-corrected chi connectivity index (χ0v) is 12.2. The molecule has 0 bridgehead atoms. The third-order valence-electron chi connectivity index (χ3n) is 3.21. The van der Waals surface area contributed by atoms with Gasteiger partial charge in [0, 0.05) is 24.3 Å². The number of nitrogens with two attached hydrogens (primary N) is 1. The van der Waals surface area contributed by atoms with Crippen molar-refractivity contribution in [3.8, 4) is 0 Å². The highest BCUT2D eigenvalue weighted by atomic mass is 35.5. The van der Waals surface area contributed by atoms with E-state index >= 15 is 0 Å². The van der Waals surface area contributed by atoms with Crippen molar-refractivity contribution >= 4 is 23.1 Å². The SMILES string of the molecule is CCN(Cc1ccccc1)c1ccc(C(=N)N)c(Cl)c1. The molecular weight excluding hydrogens is 270 g/mol. The van der Waals surface area contributed by atoms with Crippen LogP contribution in [-0.4, -0.2) is 12.4 Å². The van der Waals surface area contributed by atoms with Crippen LogP contribution in [-0.2, 0) is 6.54 Å². The van der Waals surface area contributed by atoms with Gasteiger partial charge in [0.2, 0.25) is 0 Å². The van der Waals surface area contributed by atoms with E-state index in [0.717, 1.165) is 18.8 Å². The van der Waals surface area contributed by atoms with Gasteiger partial charge < -0.3 is 10.6 Å². The Kier molecular flexibility index (Phi) is 4.64. The number of nitrogens with zero attached hydrogens (tertiary/aromatic N) is 1. The van der Waals surface area contributed by atoms with Crippen molar-refractivity contribution in [2.24, 2.45) is 5.73 Å². The summed E-state index contributed by atoms with van der Waals surface area (Å²) in [5.74, 6) is -0.00680. The highest BCUT2D eigenvalue weighted by Gasteiger charge is 2.09. The molecule has 104 valence electrons. The van der Waals surface area contributed by atoms with E-state index in [9.17, 15) is 0 Å². The number of halogens is 1. The predicted molar refractivity (Wildman–Crippen MR) is 85.6 cm³/mol. The van der Waals surface area contributed by atoms with Gasteiger partial charge in [-0.15, -0.1) is 0 Å². The summed E-state index contributed by atoms with van der Waals surface area (Å²) in [4.78, 5) is 2.23. The van der Waals surface area contributed by atoms with E-state index in [-0.39, 0.29) is 5.84 Å². The molecule has 0 fully saturated rings. The van der Waals surface area contributed by atoms with Crippen molar-refractivity contribution in [3.05, 3.63) is 64.7 Å². The molecule has 0 saturated heterocycles. The molecule has 0 radical (unpaired) electrons. The number of nitrogen functional groups attached to an aromatic ring is 1. The Hall–Kier alpha value is -2.00. The lowest BCUT2D eigenvalue weighted by Crippen LogP contribution is -2.22. The zero-order valence-electron chi connectivity index (χ0n) is 11.4. The topological polar surface area (TPSA) is 53.1 Å². The second-order valence-electron chi connectivity index (χ2n) is 4.58. The molecule has 0 spiro atoms. The Morgan fingerprint density at radius 3 is 2.45 bits per heavy atom. The molecule has 0 aliphatic rings. The summed E-state index contributed by atoms with van der Waals surface area (Å²) in [5, 5.41) is 7.97. The van der Waals surface area contributed by atoms with Crippen molar-refractivity contribution in [3.63, 3.8) is 0 Å². The molecule has 0 amide bonds. The Morgan fingerprint density at radius 2 is 1.90 bits per heavy atom. The number of anilines is 1. The number of hydrogen-bond acceptors (Lipinski definition) is 2. The van der Waals surface area contributed by atoms with E-state index in [0.29, 0.717) is 10.6 Å². The maximum Gasteiger partial charge on any atom is 0.124 e. The van der Waals surface area contributed by atoms with Gasteiger partial charge in [0.15, 0.2) is 0 Å². The molecule has 0 aromatic heterocycles. The van der Waals surface area contributed by atoms with Crippen LogP contribution in [0.2, 0.25) is 5.02 Å². The van der Waals surface area contributed by atoms with Gasteiger partial charge in [-0.25, -0.2) is 0 Å². The van der Waals surface area contributed by atoms with Crippen LogP contribution in [0.15, 0.2) is 48.5 Å². The molecule has 3 nitrogen and oxygen atoms in total. The minimum Gasteiger partial charge on any atom is -0.384 e. The first-order valence-corrected chi connectivity index (χ1v) is 6.92. The third kappa shape index (κ3) is 3.31. The molecule has 2 aromatic carbocycles. The standard InChI is InChI=1S/C16H18ClN3/c1-2-20(11-12-6-4-3-5-7-12)13-8-9-14(16(18)19)15(17)10-13/h3-10H,2,11H2,1H3,(H3,18,19). The van der Waals surface area contributed by atoms with Gasteiger partial charge in [-0.05, 0) is 30.7 Å². The fraction of sp³-hybridized carbons (Fsp3) is 0.188. The second-order valence-corrected chi connectivity index (χ2v) is 4.98. The number of rotatable bonds is 5. The van der Waals surface area contributed by atoms with Crippen LogP contribution in [0, 0.1) is 5.41 Å². The van der Waals surface area contributed by atoms with Gasteiger partial charge in [-0.3, -0.25) is 5.41 Å². The molecule has 2 rings (SSSR count). The van der Waals surface area contributed by atoms with Crippen LogP contribution >= 0.6 is 11.6 Å². The minimum absolute atomic E-state index is 0.00680. The van der Waals surface area contributed by atoms with Gasteiger partial charge in [0.05, 0.1) is 5.02 Å². The Balaban J connectivity index is 2.24. The summed E-state index contributed by atoms with van der Waals surface area (Å²) in [6.45, 7) is 3.81. The van der Waals surface area contributed by atoms with Gasteiger partial charge in [0.25, 0.3) is 0 Å². The summed E-state index contributed by atoms with van der Waals surface area (Å²) >= 11 is 6.18. The number of hydrogen-bond donors (Lipinski definition) is 2. The summed E-state index contributed by atoms with van der Waals surface area (Å²) in [6.07, 6.45) is 0. The molecule has 4 heteroatoms. The van der Waals surface area contributed by atoms with Gasteiger partial charge in [0.1, 0.15) is 5.84 Å². The molecule has 0 aliphatic carbocycles. The molecule has 0 unspecified atom stereocenters. The number of nitrogens with one attached hydrogen (secondary N) is 1. The van der Waals surface area contributed by atoms with Crippen LogP contribution in [0.4, 0.5) is 5.69 Å². The summed E-state index contributed by atoms with van der Waals surface area (Å²) in [7, 11) is 0. The van der Waals surface area contributed by atoms with E-state index in [1.807, 2.05) is 30.3 Å². The van der Waals surface area contributed by atoms with Gasteiger partial charge >= 0.3 is 0 Å². The average Bonchev–Trinajstić information content (AvgIpc) is 2.45. The van der Waals surface area contributed by atoms with Gasteiger partial charge in [-0.2, -0.15) is 0 Å². The highest BCUT2D eigenvalue weighted by Crippen LogP contribution is 2.24. The number of amidine groups is 1. The maximum absolute atomic E-state index is 7.46. The van der Waals surface area contributed by atoms with Crippen molar-refractivity contribution < 1.29 is 0 Å². The van der Waals surface area contributed by atoms with E-state index in [1.165, 1.54) is 5.56 Å². The smallest absolute Gasteiger partial charge is 0.124 e. The minimum atomic E-state index is -0.00680. The first-order chi connectivity index (χ1) is 9.61. The second kappa shape index (κ2) is 6.44. The lowest BCUT2D eigenvalue weighted by molar-refractivity contribution is 0.832. The first kappa shape index (κ1) is 14.4. The zero-order chi connectivity index (χ0) is 14.5. The van der Waals surface area contributed by atoms with E-state index < -0.39 is 0 Å². The quantitative estimate of drug-likeness (QED) is 0.651. The lowest BCUT2D eigenvalue weighted by atomic mass is 10.1. The molecule has 2 aromatic rings. The van der Waals surface area contributed by atoms with Crippen molar-refractivity contribution in [2.45, 2.75) is 13.5 Å². The van der Waals surface area contributed by atoms with Crippen LogP contribution in [0.3, 0.4) is 0 Å². The van der Waals surface area contributed by atoms with Crippen molar-refractivity contribution in [1.29, 1.82) is 5.41 Å². The third-order valence-corrected chi connectivity index (χ3v) is 3.52. The van der Waals surface area contributed by atoms with Crippen LogP contribution in [0.5, 0.6) is 0 Å². The molecule has 0 saturated carbocycles. The largest absolute Gasteiger partial charge is 0.384 e. The van der Waals surface area contributed by atoms with E-state index in [1.54, 1.807) is 6.07 Å². The van der Waals surface area contributed by atoms with E-state index in [2.05, 4.69) is 24.0 Å². The summed E-state index contributed by atoms with van der Waals surface area (Å²) < 4.78 is 0. The van der Waals surface area contributed by atoms with Crippen molar-refractivity contribution in [1.82, 2.24) is 0 Å². The van der Waals surface area contributed by atoms with E-state index in [4.69, 9.17) is 22.7 Å². The van der Waals surface area contributed by atoms with Crippen LogP contribution in [0.1, 0.15) is 18.1 Å². The van der Waals surface area contributed by atoms with Crippen LogP contribution < -0.4 is 10.6 Å². The monoisotopic (exact) mass is 287 g/mol. The van der Waals surface area contributed by atoms with Gasteiger partial charge in [-0.1, -0.05) is 41.9 Å². The maximum atomic E-state index is 7.46. The Bertz CT molecular complexity index is 596. The fourth-order valence-corrected chi connectivity index (χ4v) is 2.39. The predicted octanol–water partition coefficient (Wildman–Crippen LogP) is 3.65. The average molecular weight is 288 g/mol.